The van der Waals surface area contributed by atoms with Crippen molar-refractivity contribution in [3.05, 3.63) is 18.2 Å². The van der Waals surface area contributed by atoms with Crippen LogP contribution in [0.1, 0.15) is 27.7 Å². The van der Waals surface area contributed by atoms with Gasteiger partial charge in [-0.15, -0.1) is 12.6 Å². The van der Waals surface area contributed by atoms with E-state index in [9.17, 15) is 4.79 Å². The molecule has 0 fully saturated rings. The third kappa shape index (κ3) is 4.87. The van der Waals surface area contributed by atoms with Crippen LogP contribution >= 0.6 is 12.6 Å². The average Bonchev–Trinajstić information content (AvgIpc) is 2.20. The Morgan fingerprint density at radius 1 is 1.39 bits per heavy atom. The number of anilines is 1. The van der Waals surface area contributed by atoms with E-state index in [4.69, 9.17) is 9.47 Å². The number of carbonyl (C=O) groups excluding carboxylic acids is 1. The molecule has 0 aliphatic carbocycles. The molecule has 5 heteroatoms. The minimum atomic E-state index is -0.522. The van der Waals surface area contributed by atoms with Crippen molar-refractivity contribution in [3.63, 3.8) is 0 Å². The minimum absolute atomic E-state index is 0.498. The second-order valence-electron chi connectivity index (χ2n) is 4.74. The fourth-order valence-electron chi connectivity index (χ4n) is 1.29. The topological polar surface area (TPSA) is 47.6 Å². The van der Waals surface area contributed by atoms with Gasteiger partial charge in [0.15, 0.2) is 0 Å². The molecule has 1 rings (SSSR count). The molecule has 0 saturated carbocycles. The number of amides is 1. The molecule has 0 aromatic heterocycles. The maximum Gasteiger partial charge on any atom is 0.412 e. The highest BCUT2D eigenvalue weighted by Gasteiger charge is 2.16. The number of ether oxygens (including phenoxy) is 2. The highest BCUT2D eigenvalue weighted by Crippen LogP contribution is 2.25. The van der Waals surface area contributed by atoms with Crippen LogP contribution in [0.2, 0.25) is 0 Å². The first-order valence-corrected chi connectivity index (χ1v) is 6.22. The van der Waals surface area contributed by atoms with Crippen LogP contribution in [0.15, 0.2) is 23.1 Å². The van der Waals surface area contributed by atoms with Crippen LogP contribution in [0, 0.1) is 0 Å². The second-order valence-corrected chi connectivity index (χ2v) is 5.22. The van der Waals surface area contributed by atoms with Gasteiger partial charge < -0.3 is 9.47 Å². The summed E-state index contributed by atoms with van der Waals surface area (Å²) in [6.07, 6.45) is -0.498. The molecule has 1 aromatic carbocycles. The zero-order valence-corrected chi connectivity index (χ0v) is 12.0. The van der Waals surface area contributed by atoms with Crippen LogP contribution in [-0.2, 0) is 4.74 Å². The SMILES string of the molecule is CCOc1ccc(NC(=O)OC(C)(C)C)c(S)c1. The Labute approximate surface area is 113 Å². The lowest BCUT2D eigenvalue weighted by molar-refractivity contribution is 0.0635. The first-order chi connectivity index (χ1) is 8.31. The summed E-state index contributed by atoms with van der Waals surface area (Å²) in [4.78, 5) is 12.2. The van der Waals surface area contributed by atoms with E-state index in [0.717, 1.165) is 5.75 Å². The summed E-state index contributed by atoms with van der Waals surface area (Å²) < 4.78 is 10.5. The van der Waals surface area contributed by atoms with E-state index in [1.54, 1.807) is 18.2 Å². The molecule has 0 aliphatic heterocycles. The van der Waals surface area contributed by atoms with Gasteiger partial charge in [-0.05, 0) is 45.9 Å². The average molecular weight is 269 g/mol. The molecule has 0 atom stereocenters. The maximum absolute atomic E-state index is 11.6. The summed E-state index contributed by atoms with van der Waals surface area (Å²) in [7, 11) is 0. The molecule has 4 nitrogen and oxygen atoms in total. The summed E-state index contributed by atoms with van der Waals surface area (Å²) in [5.41, 5.74) is 0.0718. The van der Waals surface area contributed by atoms with E-state index in [-0.39, 0.29) is 0 Å². The summed E-state index contributed by atoms with van der Waals surface area (Å²) in [6, 6.07) is 5.26. The molecule has 1 aromatic rings. The van der Waals surface area contributed by atoms with Gasteiger partial charge in [-0.2, -0.15) is 0 Å². The zero-order valence-electron chi connectivity index (χ0n) is 11.1. The number of hydrogen-bond donors (Lipinski definition) is 2. The number of hydrogen-bond acceptors (Lipinski definition) is 4. The van der Waals surface area contributed by atoms with Gasteiger partial charge >= 0.3 is 6.09 Å². The molecule has 1 N–H and O–H groups in total. The monoisotopic (exact) mass is 269 g/mol. The number of benzene rings is 1. The van der Waals surface area contributed by atoms with Crippen LogP contribution in [-0.4, -0.2) is 18.3 Å². The van der Waals surface area contributed by atoms with E-state index in [1.807, 2.05) is 27.7 Å². The minimum Gasteiger partial charge on any atom is -0.494 e. The van der Waals surface area contributed by atoms with Crippen molar-refractivity contribution in [1.29, 1.82) is 0 Å². The Hall–Kier alpha value is -1.36. The smallest absolute Gasteiger partial charge is 0.412 e. The third-order valence-corrected chi connectivity index (χ3v) is 2.29. The molecule has 0 saturated heterocycles. The normalized spacial score (nSPS) is 10.9. The second kappa shape index (κ2) is 6.00. The van der Waals surface area contributed by atoms with E-state index < -0.39 is 11.7 Å². The van der Waals surface area contributed by atoms with Crippen LogP contribution in [0.25, 0.3) is 0 Å². The van der Waals surface area contributed by atoms with Crippen molar-refractivity contribution in [2.24, 2.45) is 0 Å². The van der Waals surface area contributed by atoms with E-state index >= 15 is 0 Å². The predicted molar refractivity (Wildman–Crippen MR) is 74.7 cm³/mol. The molecule has 0 bridgehead atoms. The molecule has 0 unspecified atom stereocenters. The van der Waals surface area contributed by atoms with Crippen LogP contribution in [0.3, 0.4) is 0 Å². The fraction of sp³-hybridized carbons (Fsp3) is 0.462. The Kier molecular flexibility index (Phi) is 4.90. The number of thiol groups is 1. The third-order valence-electron chi connectivity index (χ3n) is 1.92. The largest absolute Gasteiger partial charge is 0.494 e. The van der Waals surface area contributed by atoms with Gasteiger partial charge in [0.2, 0.25) is 0 Å². The van der Waals surface area contributed by atoms with Crippen LogP contribution in [0.5, 0.6) is 5.75 Å². The van der Waals surface area contributed by atoms with E-state index in [0.29, 0.717) is 17.2 Å². The van der Waals surface area contributed by atoms with Gasteiger partial charge in [-0.1, -0.05) is 0 Å². The van der Waals surface area contributed by atoms with Gasteiger partial charge in [-0.25, -0.2) is 4.79 Å². The maximum atomic E-state index is 11.6. The zero-order chi connectivity index (χ0) is 13.8. The molecular weight excluding hydrogens is 250 g/mol. The number of nitrogens with one attached hydrogen (secondary N) is 1. The van der Waals surface area contributed by atoms with Crippen molar-refractivity contribution in [2.45, 2.75) is 38.2 Å². The van der Waals surface area contributed by atoms with Crippen molar-refractivity contribution < 1.29 is 14.3 Å². The fourth-order valence-corrected chi connectivity index (χ4v) is 1.54. The Balaban J connectivity index is 2.71. The van der Waals surface area contributed by atoms with Gasteiger partial charge in [0.25, 0.3) is 0 Å². The van der Waals surface area contributed by atoms with Crippen molar-refractivity contribution in [2.75, 3.05) is 11.9 Å². The first-order valence-electron chi connectivity index (χ1n) is 5.77. The summed E-state index contributed by atoms with van der Waals surface area (Å²) in [6.45, 7) is 7.93. The van der Waals surface area contributed by atoms with Gasteiger partial charge in [0.1, 0.15) is 11.4 Å². The summed E-state index contributed by atoms with van der Waals surface area (Å²) in [5.74, 6) is 0.720. The van der Waals surface area contributed by atoms with Gasteiger partial charge in [-0.3, -0.25) is 5.32 Å². The van der Waals surface area contributed by atoms with Gasteiger partial charge in [0.05, 0.1) is 12.3 Å². The predicted octanol–water partition coefficient (Wildman–Crippen LogP) is 3.72. The molecule has 0 radical (unpaired) electrons. The number of carbonyl (C=O) groups is 1. The lowest BCUT2D eigenvalue weighted by atomic mass is 10.2. The summed E-state index contributed by atoms with van der Waals surface area (Å²) >= 11 is 4.30. The molecule has 1 amide bonds. The van der Waals surface area contributed by atoms with E-state index in [1.165, 1.54) is 0 Å². The Morgan fingerprint density at radius 3 is 2.56 bits per heavy atom. The van der Waals surface area contributed by atoms with Gasteiger partial charge in [0, 0.05) is 4.90 Å². The van der Waals surface area contributed by atoms with E-state index in [2.05, 4.69) is 17.9 Å². The van der Waals surface area contributed by atoms with Crippen LogP contribution in [0.4, 0.5) is 10.5 Å². The van der Waals surface area contributed by atoms with Crippen LogP contribution < -0.4 is 10.1 Å². The highest BCUT2D eigenvalue weighted by atomic mass is 32.1. The number of rotatable bonds is 3. The lowest BCUT2D eigenvalue weighted by Gasteiger charge is -2.20. The quantitative estimate of drug-likeness (QED) is 0.822. The molecule has 100 valence electrons. The highest BCUT2D eigenvalue weighted by molar-refractivity contribution is 7.80. The Morgan fingerprint density at radius 2 is 2.06 bits per heavy atom. The molecule has 0 spiro atoms. The summed E-state index contributed by atoms with van der Waals surface area (Å²) in [5, 5.41) is 2.64. The molecule has 18 heavy (non-hydrogen) atoms. The standard InChI is InChI=1S/C13H19NO3S/c1-5-16-9-6-7-10(11(18)8-9)14-12(15)17-13(2,3)4/h6-8,18H,5H2,1-4H3,(H,14,15). The van der Waals surface area contributed by atoms with Crippen molar-refractivity contribution >= 4 is 24.4 Å². The van der Waals surface area contributed by atoms with Crippen molar-refractivity contribution in [1.82, 2.24) is 0 Å². The van der Waals surface area contributed by atoms with Crippen molar-refractivity contribution in [3.8, 4) is 5.75 Å². The lowest BCUT2D eigenvalue weighted by Crippen LogP contribution is -2.27. The molecular formula is C13H19NO3S. The molecule has 0 heterocycles. The Bertz CT molecular complexity index is 427. The molecule has 0 aliphatic rings. The first kappa shape index (κ1) is 14.7.